The molecule has 0 atom stereocenters. The molecule has 19 heavy (non-hydrogen) atoms. The lowest BCUT2D eigenvalue weighted by Crippen LogP contribution is -2.31. The maximum absolute atomic E-state index is 12.0. The number of rotatable bonds is 3. The summed E-state index contributed by atoms with van der Waals surface area (Å²) in [6.45, 7) is 3.77. The molecule has 0 radical (unpaired) electrons. The van der Waals surface area contributed by atoms with E-state index < -0.39 is 10.8 Å². The van der Waals surface area contributed by atoms with E-state index in [-0.39, 0.29) is 22.7 Å². The minimum Gasteiger partial charge on any atom is -0.380 e. The molecule has 1 aliphatic heterocycles. The Morgan fingerprint density at radius 3 is 2.68 bits per heavy atom. The summed E-state index contributed by atoms with van der Waals surface area (Å²) in [6.07, 6.45) is 3.25. The highest BCUT2D eigenvalue weighted by atomic mass is 35.5. The van der Waals surface area contributed by atoms with Gasteiger partial charge >= 0.3 is 0 Å². The highest BCUT2D eigenvalue weighted by Gasteiger charge is 2.19. The van der Waals surface area contributed by atoms with E-state index in [9.17, 15) is 9.00 Å². The Kier molecular flexibility index (Phi) is 4.62. The molecule has 0 aromatic carbocycles. The maximum Gasteiger partial charge on any atom is 0.287 e. The van der Waals surface area contributed by atoms with Crippen LogP contribution in [0.3, 0.4) is 0 Å². The lowest BCUT2D eigenvalue weighted by Gasteiger charge is -2.24. The van der Waals surface area contributed by atoms with Gasteiger partial charge in [0.1, 0.15) is 5.02 Å². The molecule has 106 valence electrons. The average Bonchev–Trinajstić information content (AvgIpc) is 2.37. The first-order valence-corrected chi connectivity index (χ1v) is 8.24. The molecule has 0 bridgehead atoms. The fourth-order valence-electron chi connectivity index (χ4n) is 2.07. The van der Waals surface area contributed by atoms with Crippen LogP contribution in [0.4, 0.5) is 5.69 Å². The zero-order valence-electron chi connectivity index (χ0n) is 11.1. The van der Waals surface area contributed by atoms with E-state index in [0.717, 1.165) is 12.8 Å². The average molecular weight is 304 g/mol. The van der Waals surface area contributed by atoms with Crippen LogP contribution < -0.4 is 10.9 Å². The number of hydrogen-bond donors (Lipinski definition) is 1. The predicted molar refractivity (Wildman–Crippen MR) is 78.4 cm³/mol. The standard InChI is InChI=1S/C12H18ClN3O2S/c1-8(2)16-12(17)11(13)10(7-14-16)15-9-3-5-19(18)6-4-9/h7-9,15H,3-6H2,1-2H3. The highest BCUT2D eigenvalue weighted by Crippen LogP contribution is 2.21. The van der Waals surface area contributed by atoms with Gasteiger partial charge in [0.2, 0.25) is 0 Å². The molecule has 1 N–H and O–H groups in total. The second kappa shape index (κ2) is 6.05. The van der Waals surface area contributed by atoms with E-state index >= 15 is 0 Å². The topological polar surface area (TPSA) is 64.0 Å². The van der Waals surface area contributed by atoms with E-state index in [1.54, 1.807) is 6.20 Å². The highest BCUT2D eigenvalue weighted by molar-refractivity contribution is 7.85. The minimum absolute atomic E-state index is 0.0175. The largest absolute Gasteiger partial charge is 0.380 e. The van der Waals surface area contributed by atoms with Crippen molar-refractivity contribution in [3.05, 3.63) is 21.6 Å². The van der Waals surface area contributed by atoms with Crippen molar-refractivity contribution in [2.24, 2.45) is 0 Å². The number of hydrogen-bond acceptors (Lipinski definition) is 4. The summed E-state index contributed by atoms with van der Waals surface area (Å²) in [5.74, 6) is 1.40. The minimum atomic E-state index is -0.693. The number of anilines is 1. The number of nitrogens with one attached hydrogen (secondary N) is 1. The van der Waals surface area contributed by atoms with Gasteiger partial charge in [-0.2, -0.15) is 5.10 Å². The van der Waals surface area contributed by atoms with Crippen molar-refractivity contribution < 1.29 is 4.21 Å². The van der Waals surface area contributed by atoms with Crippen LogP contribution >= 0.6 is 11.6 Å². The van der Waals surface area contributed by atoms with E-state index in [2.05, 4.69) is 10.4 Å². The molecule has 1 fully saturated rings. The van der Waals surface area contributed by atoms with Crippen LogP contribution in [0.1, 0.15) is 32.7 Å². The van der Waals surface area contributed by atoms with Gasteiger partial charge in [-0.1, -0.05) is 11.6 Å². The van der Waals surface area contributed by atoms with Gasteiger partial charge in [-0.05, 0) is 26.7 Å². The van der Waals surface area contributed by atoms with Gasteiger partial charge < -0.3 is 5.32 Å². The summed E-state index contributed by atoms with van der Waals surface area (Å²) >= 11 is 6.09. The molecular formula is C12H18ClN3O2S. The molecule has 1 saturated heterocycles. The SMILES string of the molecule is CC(C)n1ncc(NC2CCS(=O)CC2)c(Cl)c1=O. The normalized spacial score (nSPS) is 23.6. The first kappa shape index (κ1) is 14.5. The van der Waals surface area contributed by atoms with Crippen LogP contribution in [0.5, 0.6) is 0 Å². The van der Waals surface area contributed by atoms with E-state index in [1.165, 1.54) is 4.68 Å². The number of halogens is 1. The van der Waals surface area contributed by atoms with Crippen molar-refractivity contribution in [2.45, 2.75) is 38.8 Å². The Hall–Kier alpha value is -0.880. The Balaban J connectivity index is 2.15. The van der Waals surface area contributed by atoms with Gasteiger partial charge in [-0.3, -0.25) is 9.00 Å². The fourth-order valence-corrected chi connectivity index (χ4v) is 3.56. The molecule has 0 spiro atoms. The Morgan fingerprint density at radius 2 is 2.11 bits per heavy atom. The van der Waals surface area contributed by atoms with Crippen molar-refractivity contribution in [1.29, 1.82) is 0 Å². The molecule has 7 heteroatoms. The summed E-state index contributed by atoms with van der Waals surface area (Å²) in [6, 6.07) is 0.197. The second-order valence-electron chi connectivity index (χ2n) is 4.98. The molecule has 2 heterocycles. The monoisotopic (exact) mass is 303 g/mol. The van der Waals surface area contributed by atoms with Crippen LogP contribution in [0.15, 0.2) is 11.0 Å². The molecule has 0 aliphatic carbocycles. The van der Waals surface area contributed by atoms with Gasteiger partial charge in [0.15, 0.2) is 0 Å². The molecule has 1 aliphatic rings. The molecular weight excluding hydrogens is 286 g/mol. The van der Waals surface area contributed by atoms with Crippen molar-refractivity contribution >= 4 is 28.1 Å². The predicted octanol–water partition coefficient (Wildman–Crippen LogP) is 1.80. The quantitative estimate of drug-likeness (QED) is 0.925. The summed E-state index contributed by atoms with van der Waals surface area (Å²) in [5, 5.41) is 7.53. The van der Waals surface area contributed by atoms with Crippen molar-refractivity contribution in [3.63, 3.8) is 0 Å². The van der Waals surface area contributed by atoms with Gasteiger partial charge in [-0.25, -0.2) is 4.68 Å². The lowest BCUT2D eigenvalue weighted by atomic mass is 10.1. The van der Waals surface area contributed by atoms with Crippen LogP contribution in [-0.2, 0) is 10.8 Å². The molecule has 5 nitrogen and oxygen atoms in total. The Morgan fingerprint density at radius 1 is 1.47 bits per heavy atom. The smallest absolute Gasteiger partial charge is 0.287 e. The van der Waals surface area contributed by atoms with E-state index in [1.807, 2.05) is 13.8 Å². The van der Waals surface area contributed by atoms with Crippen LogP contribution in [0.25, 0.3) is 0 Å². The Labute approximate surface area is 119 Å². The first-order valence-electron chi connectivity index (χ1n) is 6.38. The molecule has 0 saturated carbocycles. The molecule has 2 rings (SSSR count). The molecule has 0 amide bonds. The summed E-state index contributed by atoms with van der Waals surface area (Å²) in [4.78, 5) is 12.0. The van der Waals surface area contributed by atoms with Crippen molar-refractivity contribution in [3.8, 4) is 0 Å². The summed E-state index contributed by atoms with van der Waals surface area (Å²) in [5.41, 5.74) is 0.294. The zero-order valence-corrected chi connectivity index (χ0v) is 12.6. The summed E-state index contributed by atoms with van der Waals surface area (Å²) in [7, 11) is -0.693. The second-order valence-corrected chi connectivity index (χ2v) is 7.06. The zero-order chi connectivity index (χ0) is 14.0. The van der Waals surface area contributed by atoms with Crippen molar-refractivity contribution in [1.82, 2.24) is 9.78 Å². The first-order chi connectivity index (χ1) is 8.99. The van der Waals surface area contributed by atoms with E-state index in [4.69, 9.17) is 11.6 Å². The summed E-state index contributed by atoms with van der Waals surface area (Å²) < 4.78 is 12.7. The number of nitrogens with zero attached hydrogens (tertiary/aromatic N) is 2. The van der Waals surface area contributed by atoms with E-state index in [0.29, 0.717) is 17.2 Å². The third-order valence-electron chi connectivity index (χ3n) is 3.18. The van der Waals surface area contributed by atoms with Gasteiger partial charge in [-0.15, -0.1) is 0 Å². The molecule has 1 aromatic heterocycles. The lowest BCUT2D eigenvalue weighted by molar-refractivity contribution is 0.502. The molecule has 1 aromatic rings. The van der Waals surface area contributed by atoms with Gasteiger partial charge in [0.05, 0.1) is 17.9 Å². The molecule has 0 unspecified atom stereocenters. The van der Waals surface area contributed by atoms with Gasteiger partial charge in [0.25, 0.3) is 5.56 Å². The van der Waals surface area contributed by atoms with Crippen LogP contribution in [0.2, 0.25) is 5.02 Å². The maximum atomic E-state index is 12.0. The number of aromatic nitrogens is 2. The van der Waals surface area contributed by atoms with Crippen molar-refractivity contribution in [2.75, 3.05) is 16.8 Å². The Bertz CT molecular complexity index is 534. The van der Waals surface area contributed by atoms with Gasteiger partial charge in [0, 0.05) is 28.3 Å². The van der Waals surface area contributed by atoms with Crippen LogP contribution in [0, 0.1) is 0 Å². The fraction of sp³-hybridized carbons (Fsp3) is 0.667. The third-order valence-corrected chi connectivity index (χ3v) is 4.93. The van der Waals surface area contributed by atoms with Crippen LogP contribution in [-0.4, -0.2) is 31.5 Å². The third kappa shape index (κ3) is 3.36.